The second kappa shape index (κ2) is 6.47. The van der Waals surface area contributed by atoms with E-state index in [2.05, 4.69) is 16.6 Å². The van der Waals surface area contributed by atoms with Gasteiger partial charge in [-0.1, -0.05) is 0 Å². The van der Waals surface area contributed by atoms with E-state index in [-0.39, 0.29) is 44.1 Å². The van der Waals surface area contributed by atoms with Gasteiger partial charge in [0.1, 0.15) is 5.75 Å². The zero-order chi connectivity index (χ0) is 10.6. The minimum atomic E-state index is -0.973. The number of ether oxygens (including phenoxy) is 2. The molecule has 0 bridgehead atoms. The van der Waals surface area contributed by atoms with E-state index in [1.54, 1.807) is 0 Å². The molecule has 0 unspecified atom stereocenters. The number of benzene rings is 1. The van der Waals surface area contributed by atoms with Gasteiger partial charge >= 0.3 is 6.16 Å². The Bertz CT molecular complexity index is 351. The van der Waals surface area contributed by atoms with Crippen LogP contribution in [0.15, 0.2) is 24.3 Å². The van der Waals surface area contributed by atoms with Gasteiger partial charge in [0.2, 0.25) is 0 Å². The smallest absolute Gasteiger partial charge is 0.481 e. The third-order valence-electron chi connectivity index (χ3n) is 1.37. The molecule has 77 valence electrons. The molecule has 0 saturated heterocycles. The van der Waals surface area contributed by atoms with Gasteiger partial charge in [0.15, 0.2) is 0 Å². The zero-order valence-electron chi connectivity index (χ0n) is 7.58. The van der Waals surface area contributed by atoms with Crippen molar-refractivity contribution in [3.8, 4) is 5.75 Å². The summed E-state index contributed by atoms with van der Waals surface area (Å²) in [4.78, 5) is 20.3. The number of nitro benzene ring substituents is 1. The Morgan fingerprint density at radius 2 is 1.87 bits per heavy atom. The van der Waals surface area contributed by atoms with Gasteiger partial charge in [-0.3, -0.25) is 10.1 Å². The van der Waals surface area contributed by atoms with E-state index in [9.17, 15) is 14.9 Å². The molecule has 0 aromatic heterocycles. The Balaban J connectivity index is 0.00000196. The van der Waals surface area contributed by atoms with Gasteiger partial charge in [0.25, 0.3) is 5.69 Å². The zero-order valence-corrected chi connectivity index (χ0v) is 10.4. The first-order chi connectivity index (χ1) is 6.63. The van der Waals surface area contributed by atoms with E-state index < -0.39 is 11.1 Å². The van der Waals surface area contributed by atoms with E-state index in [1.165, 1.54) is 24.3 Å². The molecule has 0 N–H and O–H groups in total. The minimum Gasteiger partial charge on any atom is -0.609 e. The predicted octanol–water partition coefficient (Wildman–Crippen LogP) is 1.90. The largest absolute Gasteiger partial charge is 0.609 e. The maximum atomic E-state index is 10.6. The SMILES string of the molecule is [CH2-]OC(=O)Oc1ccc([N+](=O)[O-])cc1.[Y]. The summed E-state index contributed by atoms with van der Waals surface area (Å²) in [5, 5.41) is 10.3. The molecule has 0 amide bonds. The molecule has 1 radical (unpaired) electrons. The van der Waals surface area contributed by atoms with Gasteiger partial charge in [-0.25, -0.2) is 4.79 Å². The Labute approximate surface area is 111 Å². The first-order valence-electron chi connectivity index (χ1n) is 3.52. The van der Waals surface area contributed by atoms with E-state index in [0.717, 1.165) is 0 Å². The molecule has 6 nitrogen and oxygen atoms in total. The van der Waals surface area contributed by atoms with Crippen LogP contribution in [-0.2, 0) is 37.4 Å². The molecule has 0 fully saturated rings. The van der Waals surface area contributed by atoms with Gasteiger partial charge in [0, 0.05) is 44.8 Å². The van der Waals surface area contributed by atoms with Crippen LogP contribution < -0.4 is 4.74 Å². The van der Waals surface area contributed by atoms with E-state index in [0.29, 0.717) is 0 Å². The number of carbonyl (C=O) groups is 1. The van der Waals surface area contributed by atoms with Crippen LogP contribution in [-0.4, -0.2) is 11.1 Å². The van der Waals surface area contributed by atoms with Crippen LogP contribution in [0.25, 0.3) is 0 Å². The summed E-state index contributed by atoms with van der Waals surface area (Å²) < 4.78 is 8.54. The third kappa shape index (κ3) is 4.35. The molecule has 0 aliphatic rings. The van der Waals surface area contributed by atoms with Gasteiger partial charge in [0.05, 0.1) is 4.92 Å². The second-order valence-electron chi connectivity index (χ2n) is 2.25. The van der Waals surface area contributed by atoms with Crippen molar-refractivity contribution >= 4 is 11.8 Å². The Hall–Kier alpha value is -1.01. The number of hydrogen-bond donors (Lipinski definition) is 0. The van der Waals surface area contributed by atoms with Gasteiger partial charge < -0.3 is 9.47 Å². The van der Waals surface area contributed by atoms with Gasteiger partial charge in [-0.05, 0) is 12.1 Å². The van der Waals surface area contributed by atoms with E-state index in [4.69, 9.17) is 0 Å². The number of nitro groups is 1. The van der Waals surface area contributed by atoms with E-state index >= 15 is 0 Å². The number of nitrogens with zero attached hydrogens (tertiary/aromatic N) is 1. The van der Waals surface area contributed by atoms with Crippen LogP contribution in [0.2, 0.25) is 0 Å². The number of hydrogen-bond acceptors (Lipinski definition) is 5. The molecule has 1 aromatic carbocycles. The number of carbonyl (C=O) groups excluding carboxylic acids is 1. The van der Waals surface area contributed by atoms with Gasteiger partial charge in [-0.15, -0.1) is 0 Å². The van der Waals surface area contributed by atoms with Crippen molar-refractivity contribution < 1.29 is 51.9 Å². The normalized spacial score (nSPS) is 8.60. The molecule has 1 rings (SSSR count). The van der Waals surface area contributed by atoms with Crippen LogP contribution >= 0.6 is 0 Å². The molecule has 0 spiro atoms. The van der Waals surface area contributed by atoms with Crippen molar-refractivity contribution in [1.82, 2.24) is 0 Å². The summed E-state index contributed by atoms with van der Waals surface area (Å²) in [6.45, 7) is 0. The first kappa shape index (κ1) is 14.0. The average molecular weight is 285 g/mol. The quantitative estimate of drug-likeness (QED) is 0.272. The number of rotatable bonds is 2. The predicted molar refractivity (Wildman–Crippen MR) is 45.6 cm³/mol. The standard InChI is InChI=1S/C8H6NO5.Y/c1-13-8(10)14-7-4-2-6(3-5-7)9(11)12;/h2-5H,1H2;/q-1;. The van der Waals surface area contributed by atoms with E-state index in [1.807, 2.05) is 0 Å². The van der Waals surface area contributed by atoms with Gasteiger partial charge in [-0.2, -0.15) is 7.11 Å². The fourth-order valence-corrected chi connectivity index (χ4v) is 0.762. The summed E-state index contributed by atoms with van der Waals surface area (Å²) in [6, 6.07) is 5.00. The molecule has 0 atom stereocenters. The summed E-state index contributed by atoms with van der Waals surface area (Å²) in [7, 11) is 2.84. The Morgan fingerprint density at radius 3 is 2.27 bits per heavy atom. The summed E-state index contributed by atoms with van der Waals surface area (Å²) in [5.41, 5.74) is -0.0830. The maximum Gasteiger partial charge on any atom is 0.481 e. The monoisotopic (exact) mass is 285 g/mol. The molecule has 7 heteroatoms. The Morgan fingerprint density at radius 1 is 1.33 bits per heavy atom. The summed E-state index contributed by atoms with van der Waals surface area (Å²) >= 11 is 0. The van der Waals surface area contributed by atoms with Crippen LogP contribution in [0.3, 0.4) is 0 Å². The van der Waals surface area contributed by atoms with Crippen LogP contribution in [0, 0.1) is 17.2 Å². The maximum absolute atomic E-state index is 10.6. The second-order valence-corrected chi connectivity index (χ2v) is 2.25. The summed E-state index contributed by atoms with van der Waals surface area (Å²) in [5.74, 6) is 0.157. The molecule has 0 aliphatic heterocycles. The molecule has 0 aliphatic carbocycles. The molecule has 0 heterocycles. The topological polar surface area (TPSA) is 78.7 Å². The van der Waals surface area contributed by atoms with Crippen LogP contribution in [0.4, 0.5) is 10.5 Å². The fourth-order valence-electron chi connectivity index (χ4n) is 0.762. The first-order valence-corrected chi connectivity index (χ1v) is 3.52. The van der Waals surface area contributed by atoms with Crippen molar-refractivity contribution in [2.75, 3.05) is 0 Å². The summed E-state index contributed by atoms with van der Waals surface area (Å²) in [6.07, 6.45) is -0.973. The van der Waals surface area contributed by atoms with Crippen molar-refractivity contribution in [1.29, 1.82) is 0 Å². The van der Waals surface area contributed by atoms with Crippen molar-refractivity contribution in [3.05, 3.63) is 41.5 Å². The van der Waals surface area contributed by atoms with Crippen molar-refractivity contribution in [3.63, 3.8) is 0 Å². The fraction of sp³-hybridized carbons (Fsp3) is 0. The average Bonchev–Trinajstić information content (AvgIpc) is 2.18. The van der Waals surface area contributed by atoms with Crippen LogP contribution in [0.5, 0.6) is 5.75 Å². The van der Waals surface area contributed by atoms with Crippen molar-refractivity contribution in [2.45, 2.75) is 0 Å². The van der Waals surface area contributed by atoms with Crippen LogP contribution in [0.1, 0.15) is 0 Å². The number of non-ortho nitro benzene ring substituents is 1. The molecule has 15 heavy (non-hydrogen) atoms. The molecular weight excluding hydrogens is 279 g/mol. The molecule has 1 aromatic rings. The van der Waals surface area contributed by atoms with Crippen molar-refractivity contribution in [2.24, 2.45) is 0 Å². The molecule has 0 saturated carbocycles. The molecular formula is C8H6NO5Y-. The Kier molecular flexibility index (Phi) is 6.04. The third-order valence-corrected chi connectivity index (χ3v) is 1.37. The minimum absolute atomic E-state index is 0.